The van der Waals surface area contributed by atoms with E-state index in [1.807, 2.05) is 0 Å². The molecule has 2 unspecified atom stereocenters. The van der Waals surface area contributed by atoms with Crippen LogP contribution in [0.15, 0.2) is 0 Å². The molecule has 1 saturated carbocycles. The molecule has 2 N–H and O–H groups in total. The molecule has 1 aliphatic rings. The van der Waals surface area contributed by atoms with Crippen LogP contribution in [0.1, 0.15) is 64.7 Å². The minimum absolute atomic E-state index is 0.523. The molecule has 0 radical (unpaired) electrons. The lowest BCUT2D eigenvalue weighted by molar-refractivity contribution is 0.284. The molecule has 2 atom stereocenters. The van der Waals surface area contributed by atoms with Crippen LogP contribution in [-0.4, -0.2) is 6.04 Å². The van der Waals surface area contributed by atoms with Crippen molar-refractivity contribution < 1.29 is 0 Å². The Balaban J connectivity index is 2.05. The maximum atomic E-state index is 6.09. The highest BCUT2D eigenvalue weighted by atomic mass is 14.7. The Morgan fingerprint density at radius 3 is 2.54 bits per heavy atom. The van der Waals surface area contributed by atoms with Crippen molar-refractivity contribution in [1.29, 1.82) is 0 Å². The fourth-order valence-corrected chi connectivity index (χ4v) is 2.43. The minimum Gasteiger partial charge on any atom is -0.327 e. The van der Waals surface area contributed by atoms with Crippen molar-refractivity contribution >= 4 is 0 Å². The van der Waals surface area contributed by atoms with Gasteiger partial charge in [-0.15, -0.1) is 0 Å². The van der Waals surface area contributed by atoms with E-state index in [9.17, 15) is 0 Å². The van der Waals surface area contributed by atoms with Gasteiger partial charge >= 0.3 is 0 Å². The Hall–Kier alpha value is -0.0400. The van der Waals surface area contributed by atoms with Crippen LogP contribution in [0, 0.1) is 5.92 Å². The van der Waals surface area contributed by atoms with Crippen LogP contribution >= 0.6 is 0 Å². The third-order valence-corrected chi connectivity index (χ3v) is 3.40. The van der Waals surface area contributed by atoms with Gasteiger partial charge in [-0.25, -0.2) is 0 Å². The second kappa shape index (κ2) is 6.42. The summed E-state index contributed by atoms with van der Waals surface area (Å²) in [5.74, 6) is 0.852. The molecule has 1 heteroatoms. The van der Waals surface area contributed by atoms with E-state index in [0.29, 0.717) is 6.04 Å². The van der Waals surface area contributed by atoms with Crippen LogP contribution in [0.4, 0.5) is 0 Å². The smallest absolute Gasteiger partial charge is 0.00671 e. The topological polar surface area (TPSA) is 26.0 Å². The van der Waals surface area contributed by atoms with Crippen molar-refractivity contribution in [2.45, 2.75) is 70.8 Å². The molecule has 0 bridgehead atoms. The lowest BCUT2D eigenvalue weighted by Crippen LogP contribution is -2.32. The molecule has 0 aromatic carbocycles. The summed E-state index contributed by atoms with van der Waals surface area (Å²) < 4.78 is 0. The second-order valence-corrected chi connectivity index (χ2v) is 4.56. The highest BCUT2D eigenvalue weighted by Crippen LogP contribution is 2.27. The Morgan fingerprint density at radius 1 is 1.08 bits per heavy atom. The Morgan fingerprint density at radius 2 is 1.85 bits per heavy atom. The van der Waals surface area contributed by atoms with Crippen molar-refractivity contribution in [2.75, 3.05) is 0 Å². The Kier molecular flexibility index (Phi) is 5.45. The van der Waals surface area contributed by atoms with Crippen molar-refractivity contribution in [3.05, 3.63) is 0 Å². The Labute approximate surface area is 83.1 Å². The van der Waals surface area contributed by atoms with Crippen molar-refractivity contribution in [2.24, 2.45) is 11.7 Å². The lowest BCUT2D eigenvalue weighted by Gasteiger charge is -2.28. The quantitative estimate of drug-likeness (QED) is 0.649. The molecule has 0 heterocycles. The van der Waals surface area contributed by atoms with E-state index < -0.39 is 0 Å². The van der Waals surface area contributed by atoms with Gasteiger partial charge in [-0.2, -0.15) is 0 Å². The molecule has 0 aromatic rings. The van der Waals surface area contributed by atoms with Crippen LogP contribution < -0.4 is 5.73 Å². The van der Waals surface area contributed by atoms with E-state index in [1.165, 1.54) is 57.8 Å². The fraction of sp³-hybridized carbons (Fsp3) is 1.00. The first kappa shape index (κ1) is 11.0. The van der Waals surface area contributed by atoms with E-state index in [1.54, 1.807) is 0 Å². The summed E-state index contributed by atoms with van der Waals surface area (Å²) in [6, 6.07) is 0.523. The summed E-state index contributed by atoms with van der Waals surface area (Å²) in [5, 5.41) is 0. The van der Waals surface area contributed by atoms with E-state index in [4.69, 9.17) is 5.73 Å². The molecule has 0 aliphatic heterocycles. The van der Waals surface area contributed by atoms with Crippen LogP contribution in [0.3, 0.4) is 0 Å². The molecule has 0 aromatic heterocycles. The number of rotatable bonds is 5. The van der Waals surface area contributed by atoms with Gasteiger partial charge < -0.3 is 5.73 Å². The molecule has 13 heavy (non-hydrogen) atoms. The van der Waals surface area contributed by atoms with Crippen LogP contribution in [0.25, 0.3) is 0 Å². The van der Waals surface area contributed by atoms with Crippen LogP contribution in [0.5, 0.6) is 0 Å². The van der Waals surface area contributed by atoms with Gasteiger partial charge in [0.25, 0.3) is 0 Å². The molecular weight excluding hydrogens is 158 g/mol. The van der Waals surface area contributed by atoms with Gasteiger partial charge in [-0.1, -0.05) is 45.4 Å². The van der Waals surface area contributed by atoms with E-state index in [-0.39, 0.29) is 0 Å². The van der Waals surface area contributed by atoms with Gasteiger partial charge in [-0.05, 0) is 25.2 Å². The Bertz CT molecular complexity index is 122. The summed E-state index contributed by atoms with van der Waals surface area (Å²) in [5.41, 5.74) is 6.09. The van der Waals surface area contributed by atoms with Gasteiger partial charge in [0, 0.05) is 6.04 Å². The normalized spacial score (nSPS) is 29.1. The summed E-state index contributed by atoms with van der Waals surface area (Å²) in [6.45, 7) is 2.27. The third kappa shape index (κ3) is 4.12. The molecule has 1 fully saturated rings. The van der Waals surface area contributed by atoms with Gasteiger partial charge in [0.15, 0.2) is 0 Å². The number of hydrogen-bond donors (Lipinski definition) is 1. The summed E-state index contributed by atoms with van der Waals surface area (Å²) in [4.78, 5) is 0. The predicted octanol–water partition coefficient (Wildman–Crippen LogP) is 3.47. The molecule has 78 valence electrons. The summed E-state index contributed by atoms with van der Waals surface area (Å²) >= 11 is 0. The first-order valence-corrected chi connectivity index (χ1v) is 6.10. The van der Waals surface area contributed by atoms with Crippen molar-refractivity contribution in [3.8, 4) is 0 Å². The van der Waals surface area contributed by atoms with Crippen molar-refractivity contribution in [1.82, 2.24) is 0 Å². The third-order valence-electron chi connectivity index (χ3n) is 3.40. The average molecular weight is 183 g/mol. The molecule has 0 spiro atoms. The average Bonchev–Trinajstić information content (AvgIpc) is 2.15. The molecule has 0 amide bonds. The predicted molar refractivity (Wildman–Crippen MR) is 58.7 cm³/mol. The SMILES string of the molecule is CCCCCCC1CCCCC1N. The van der Waals surface area contributed by atoms with E-state index in [0.717, 1.165) is 5.92 Å². The largest absolute Gasteiger partial charge is 0.327 e. The standard InChI is InChI=1S/C12H25N/c1-2-3-4-5-8-11-9-6-7-10-12(11)13/h11-12H,2-10,13H2,1H3. The first-order valence-electron chi connectivity index (χ1n) is 6.10. The van der Waals surface area contributed by atoms with Gasteiger partial charge in [0.2, 0.25) is 0 Å². The minimum atomic E-state index is 0.523. The number of hydrogen-bond acceptors (Lipinski definition) is 1. The van der Waals surface area contributed by atoms with E-state index in [2.05, 4.69) is 6.92 Å². The zero-order valence-corrected chi connectivity index (χ0v) is 9.10. The summed E-state index contributed by atoms with van der Waals surface area (Å²) in [6.07, 6.45) is 12.4. The highest BCUT2D eigenvalue weighted by molar-refractivity contribution is 4.77. The molecule has 0 saturated heterocycles. The maximum Gasteiger partial charge on any atom is 0.00671 e. The van der Waals surface area contributed by atoms with Gasteiger partial charge in [0.05, 0.1) is 0 Å². The molecule has 1 rings (SSSR count). The lowest BCUT2D eigenvalue weighted by atomic mass is 9.82. The molecule has 1 nitrogen and oxygen atoms in total. The zero-order valence-electron chi connectivity index (χ0n) is 9.10. The van der Waals surface area contributed by atoms with Crippen LogP contribution in [0.2, 0.25) is 0 Å². The monoisotopic (exact) mass is 183 g/mol. The number of nitrogens with two attached hydrogens (primary N) is 1. The maximum absolute atomic E-state index is 6.09. The number of unbranched alkanes of at least 4 members (excludes halogenated alkanes) is 3. The van der Waals surface area contributed by atoms with Crippen LogP contribution in [-0.2, 0) is 0 Å². The highest BCUT2D eigenvalue weighted by Gasteiger charge is 2.20. The van der Waals surface area contributed by atoms with Gasteiger partial charge in [-0.3, -0.25) is 0 Å². The summed E-state index contributed by atoms with van der Waals surface area (Å²) in [7, 11) is 0. The van der Waals surface area contributed by atoms with E-state index >= 15 is 0 Å². The zero-order chi connectivity index (χ0) is 9.52. The van der Waals surface area contributed by atoms with Crippen molar-refractivity contribution in [3.63, 3.8) is 0 Å². The second-order valence-electron chi connectivity index (χ2n) is 4.56. The molecular formula is C12H25N. The van der Waals surface area contributed by atoms with Gasteiger partial charge in [0.1, 0.15) is 0 Å². The first-order chi connectivity index (χ1) is 6.34. The molecule has 1 aliphatic carbocycles. The fourth-order valence-electron chi connectivity index (χ4n) is 2.43.